The van der Waals surface area contributed by atoms with Crippen LogP contribution >= 0.6 is 0 Å². The number of hydrogen-bond acceptors (Lipinski definition) is 9. The van der Waals surface area contributed by atoms with Crippen molar-refractivity contribution in [1.29, 1.82) is 0 Å². The Kier molecular flexibility index (Phi) is 9.30. The van der Waals surface area contributed by atoms with Crippen LogP contribution in [0.4, 0.5) is 0 Å². The van der Waals surface area contributed by atoms with Gasteiger partial charge in [-0.2, -0.15) is 0 Å². The van der Waals surface area contributed by atoms with Gasteiger partial charge in [-0.25, -0.2) is 9.36 Å². The maximum Gasteiger partial charge on any atom is 0.139 e. The molecule has 6 aliphatic carbocycles. The fraction of sp³-hybridized carbons (Fsp3) is 0.531. The van der Waals surface area contributed by atoms with Crippen molar-refractivity contribution < 1.29 is 19.1 Å². The maximum absolute atomic E-state index is 12.7. The smallest absolute Gasteiger partial charge is 0.139 e. The molecule has 5 aromatic rings. The average molecular weight is 806 g/mol. The molecule has 0 saturated heterocycles. The lowest BCUT2D eigenvalue weighted by atomic mass is 9.55. The number of rotatable bonds is 10. The van der Waals surface area contributed by atoms with Crippen molar-refractivity contribution in [3.63, 3.8) is 0 Å². The lowest BCUT2D eigenvalue weighted by Crippen LogP contribution is -2.42. The molecule has 3 aromatic heterocycles. The minimum Gasteiger partial charge on any atom is -0.487 e. The topological polar surface area (TPSA) is 127 Å². The van der Waals surface area contributed by atoms with E-state index in [0.29, 0.717) is 73.4 Å². The van der Waals surface area contributed by atoms with Gasteiger partial charge in [-0.15, -0.1) is 10.2 Å². The number of benzene rings is 2. The summed E-state index contributed by atoms with van der Waals surface area (Å²) in [7, 11) is 0. The maximum atomic E-state index is 12.7. The molecule has 310 valence electrons. The van der Waals surface area contributed by atoms with E-state index in [-0.39, 0.29) is 10.8 Å². The molecule has 11 nitrogen and oxygen atoms in total. The summed E-state index contributed by atoms with van der Waals surface area (Å²) in [4.78, 5) is 30.3. The second-order valence-electron chi connectivity index (χ2n) is 19.4. The monoisotopic (exact) mass is 805 g/mol. The molecule has 4 saturated carbocycles. The molecule has 0 spiro atoms. The van der Waals surface area contributed by atoms with E-state index in [1.165, 1.54) is 22.3 Å². The van der Waals surface area contributed by atoms with E-state index in [2.05, 4.69) is 70.9 Å². The van der Waals surface area contributed by atoms with Crippen molar-refractivity contribution in [2.24, 2.45) is 34.5 Å². The zero-order valence-electron chi connectivity index (χ0n) is 34.9. The molecule has 4 fully saturated rings. The Morgan fingerprint density at radius 1 is 0.600 bits per heavy atom. The second-order valence-corrected chi connectivity index (χ2v) is 19.4. The molecule has 11 heteroatoms. The van der Waals surface area contributed by atoms with Gasteiger partial charge >= 0.3 is 0 Å². The van der Waals surface area contributed by atoms with Gasteiger partial charge in [0, 0.05) is 23.7 Å². The number of ether oxygens (including phenoxy) is 2. The van der Waals surface area contributed by atoms with Crippen molar-refractivity contribution in [2.75, 3.05) is 0 Å². The number of carbonyl (C=O) groups is 2. The minimum absolute atomic E-state index is 0.0913. The summed E-state index contributed by atoms with van der Waals surface area (Å²) in [6.45, 7) is 6.15. The van der Waals surface area contributed by atoms with E-state index in [1.54, 1.807) is 9.36 Å². The molecular weight excluding hydrogens is 751 g/mol. The van der Waals surface area contributed by atoms with Crippen LogP contribution in [0.2, 0.25) is 0 Å². The molecule has 2 aromatic carbocycles. The molecule has 6 aliphatic rings. The van der Waals surface area contributed by atoms with Gasteiger partial charge in [-0.3, -0.25) is 14.6 Å². The number of Topliss-reactive ketones (excluding diaryl/α,β-unsaturated/α-hetero) is 2. The highest BCUT2D eigenvalue weighted by Crippen LogP contribution is 2.61. The molecule has 60 heavy (non-hydrogen) atoms. The fourth-order valence-electron chi connectivity index (χ4n) is 13.2. The molecule has 0 aliphatic heterocycles. The third kappa shape index (κ3) is 6.58. The van der Waals surface area contributed by atoms with Crippen molar-refractivity contribution in [2.45, 2.75) is 129 Å². The Hall–Kier alpha value is -5.19. The quantitative estimate of drug-likeness (QED) is 0.137. The summed E-state index contributed by atoms with van der Waals surface area (Å²) in [6, 6.07) is 19.2. The number of hydrogen-bond donors (Lipinski definition) is 0. The molecule has 0 N–H and O–H groups in total. The van der Waals surface area contributed by atoms with E-state index in [1.807, 2.05) is 30.6 Å². The van der Waals surface area contributed by atoms with Crippen LogP contribution in [0.1, 0.15) is 135 Å². The zero-order valence-corrected chi connectivity index (χ0v) is 34.9. The first-order valence-corrected chi connectivity index (χ1v) is 22.5. The summed E-state index contributed by atoms with van der Waals surface area (Å²) in [5, 5.41) is 17.5. The predicted molar refractivity (Wildman–Crippen MR) is 223 cm³/mol. The van der Waals surface area contributed by atoms with E-state index in [0.717, 1.165) is 111 Å². The SMILES string of the molecule is C[C@]12CC[C@@H]3c4ccc(OCc5cn(Cc6cccc(Cn7cc(COc8ccc9c(c8)CC[C@@H]8[C@@H]9CC[C@]9(C)C(=O)CC[C@@H]89)nn7)n6)nn5)cc4CC[C@H]3[C@@H]1CCC2=O. The van der Waals surface area contributed by atoms with Crippen LogP contribution in [0.15, 0.2) is 67.0 Å². The summed E-state index contributed by atoms with van der Waals surface area (Å²) < 4.78 is 16.1. The van der Waals surface area contributed by atoms with Crippen molar-refractivity contribution in [1.82, 2.24) is 35.0 Å². The van der Waals surface area contributed by atoms with Gasteiger partial charge in [0.1, 0.15) is 47.7 Å². The number of ketones is 2. The minimum atomic E-state index is -0.0913. The molecular formula is C49H55N7O4. The van der Waals surface area contributed by atoms with Gasteiger partial charge in [0.05, 0.1) is 36.9 Å². The number of nitrogens with zero attached hydrogens (tertiary/aromatic N) is 7. The van der Waals surface area contributed by atoms with Crippen LogP contribution in [0.5, 0.6) is 11.5 Å². The molecule has 11 rings (SSSR count). The van der Waals surface area contributed by atoms with Crippen molar-refractivity contribution in [3.8, 4) is 11.5 Å². The highest BCUT2D eigenvalue weighted by molar-refractivity contribution is 5.87. The first kappa shape index (κ1) is 37.8. The lowest BCUT2D eigenvalue weighted by molar-refractivity contribution is -0.130. The fourth-order valence-corrected chi connectivity index (χ4v) is 13.2. The predicted octanol–water partition coefficient (Wildman–Crippen LogP) is 8.37. The molecule has 0 radical (unpaired) electrons. The molecule has 3 heterocycles. The number of carbonyl (C=O) groups excluding carboxylic acids is 2. The van der Waals surface area contributed by atoms with Gasteiger partial charge in [0.2, 0.25) is 0 Å². The Labute approximate surface area is 351 Å². The third-order valence-corrected chi connectivity index (χ3v) is 16.3. The summed E-state index contributed by atoms with van der Waals surface area (Å²) in [5.41, 5.74) is 8.83. The Bertz CT molecular complexity index is 2310. The number of aryl methyl sites for hydroxylation is 2. The van der Waals surface area contributed by atoms with Gasteiger partial charge in [0.25, 0.3) is 0 Å². The number of aromatic nitrogens is 7. The Morgan fingerprint density at radius 2 is 1.08 bits per heavy atom. The molecule has 8 atom stereocenters. The lowest BCUT2D eigenvalue weighted by Gasteiger charge is -2.48. The van der Waals surface area contributed by atoms with E-state index >= 15 is 0 Å². The summed E-state index contributed by atoms with van der Waals surface area (Å²) in [6.07, 6.45) is 16.2. The Balaban J connectivity index is 0.667. The van der Waals surface area contributed by atoms with E-state index in [4.69, 9.17) is 14.5 Å². The molecule has 0 unspecified atom stereocenters. The average Bonchev–Trinajstić information content (AvgIpc) is 4.05. The summed E-state index contributed by atoms with van der Waals surface area (Å²) in [5.74, 6) is 6.17. The van der Waals surface area contributed by atoms with Gasteiger partial charge < -0.3 is 9.47 Å². The third-order valence-electron chi connectivity index (χ3n) is 16.3. The van der Waals surface area contributed by atoms with E-state index in [9.17, 15) is 9.59 Å². The molecule has 0 amide bonds. The standard InChI is InChI=1S/C49H55N7O4/c1-48-20-18-40-38-12-8-36(22-30(38)6-10-42(40)44(48)14-16-46(48)57)59-28-34-26-55(53-51-34)24-32-4-3-5-33(50-32)25-56-27-35(52-54-56)29-60-37-9-13-39-31(23-37)7-11-43-41(39)19-21-49(2)45(43)15-17-47(49)58/h3-5,8-9,12-13,22-23,26-27,40-45H,6-7,10-11,14-21,24-25,28-29H2,1-2H3/t40-,41-,42-,43-,44+,45+,48+,49+/m1/s1. The van der Waals surface area contributed by atoms with Gasteiger partial charge in [0.15, 0.2) is 0 Å². The van der Waals surface area contributed by atoms with Gasteiger partial charge in [-0.05, 0) is 158 Å². The normalized spacial score (nSPS) is 30.2. The Morgan fingerprint density at radius 3 is 1.57 bits per heavy atom. The zero-order chi connectivity index (χ0) is 40.6. The van der Waals surface area contributed by atoms with Crippen molar-refractivity contribution >= 4 is 11.6 Å². The van der Waals surface area contributed by atoms with Crippen LogP contribution in [0, 0.1) is 34.5 Å². The second kappa shape index (κ2) is 14.8. The van der Waals surface area contributed by atoms with Crippen LogP contribution in [0.25, 0.3) is 0 Å². The van der Waals surface area contributed by atoms with Crippen LogP contribution < -0.4 is 9.47 Å². The number of fused-ring (bicyclic) bond motifs is 10. The van der Waals surface area contributed by atoms with Crippen LogP contribution in [-0.4, -0.2) is 46.5 Å². The van der Waals surface area contributed by atoms with Crippen molar-refractivity contribution in [3.05, 3.63) is 112 Å². The molecule has 0 bridgehead atoms. The first-order valence-electron chi connectivity index (χ1n) is 22.5. The highest BCUT2D eigenvalue weighted by atomic mass is 16.5. The van der Waals surface area contributed by atoms with Crippen LogP contribution in [-0.2, 0) is 48.7 Å². The first-order chi connectivity index (χ1) is 29.2. The number of pyridine rings is 1. The van der Waals surface area contributed by atoms with E-state index < -0.39 is 0 Å². The van der Waals surface area contributed by atoms with Gasteiger partial charge in [-0.1, -0.05) is 42.5 Å². The summed E-state index contributed by atoms with van der Waals surface area (Å²) >= 11 is 0. The highest BCUT2D eigenvalue weighted by Gasteiger charge is 2.55. The van der Waals surface area contributed by atoms with Crippen LogP contribution in [0.3, 0.4) is 0 Å². The largest absolute Gasteiger partial charge is 0.487 e.